The van der Waals surface area contributed by atoms with E-state index in [-0.39, 0.29) is 36.0 Å². The van der Waals surface area contributed by atoms with Crippen molar-refractivity contribution >= 4 is 23.5 Å². The van der Waals surface area contributed by atoms with Crippen LogP contribution in [0.1, 0.15) is 58.8 Å². The summed E-state index contributed by atoms with van der Waals surface area (Å²) in [6, 6.07) is -2.33. The fraction of sp³-hybridized carbons (Fsp3) is 0.826. The van der Waals surface area contributed by atoms with Gasteiger partial charge in [-0.3, -0.25) is 23.9 Å². The van der Waals surface area contributed by atoms with E-state index < -0.39 is 54.2 Å². The highest BCUT2D eigenvalue weighted by Gasteiger charge is 2.61. The molecule has 2 saturated heterocycles. The summed E-state index contributed by atoms with van der Waals surface area (Å²) < 4.78 is 41.2. The molecular weight excluding hydrogens is 471 g/mol. The highest BCUT2D eigenvalue weighted by Crippen LogP contribution is 2.56. The smallest absolute Gasteiger partial charge is 0.380 e. The molecule has 0 unspecified atom stereocenters. The van der Waals surface area contributed by atoms with Crippen LogP contribution in [0.3, 0.4) is 0 Å². The van der Waals surface area contributed by atoms with Crippen molar-refractivity contribution in [3.8, 4) is 0 Å². The molecule has 2 aliphatic heterocycles. The fourth-order valence-electron chi connectivity index (χ4n) is 5.94. The zero-order chi connectivity index (χ0) is 25.8. The Kier molecular flexibility index (Phi) is 6.45. The lowest BCUT2D eigenvalue weighted by Gasteiger charge is -2.50. The van der Waals surface area contributed by atoms with Crippen molar-refractivity contribution in [1.29, 1.82) is 0 Å². The minimum Gasteiger partial charge on any atom is -0.380 e. The lowest BCUT2D eigenvalue weighted by atomic mass is 9.61. The summed E-state index contributed by atoms with van der Waals surface area (Å²) in [5.74, 6) is -3.18. The number of ether oxygens (including phenoxy) is 1. The summed E-state index contributed by atoms with van der Waals surface area (Å²) in [5.41, 5.74) is -1.96. The van der Waals surface area contributed by atoms with Gasteiger partial charge in [0, 0.05) is 19.0 Å². The second kappa shape index (κ2) is 8.72. The predicted molar refractivity (Wildman–Crippen MR) is 114 cm³/mol. The van der Waals surface area contributed by atoms with Gasteiger partial charge in [-0.15, -0.1) is 13.2 Å². The van der Waals surface area contributed by atoms with Crippen molar-refractivity contribution in [2.75, 3.05) is 19.7 Å². The summed E-state index contributed by atoms with van der Waals surface area (Å²) >= 11 is 0. The van der Waals surface area contributed by atoms with Crippen LogP contribution < -0.4 is 10.6 Å². The molecule has 2 aliphatic carbocycles. The van der Waals surface area contributed by atoms with Crippen LogP contribution in [0.4, 0.5) is 13.2 Å². The van der Waals surface area contributed by atoms with Crippen LogP contribution in [0.2, 0.25) is 0 Å². The van der Waals surface area contributed by atoms with Gasteiger partial charge >= 0.3 is 6.36 Å². The van der Waals surface area contributed by atoms with Gasteiger partial charge in [-0.1, -0.05) is 13.8 Å². The predicted octanol–water partition coefficient (Wildman–Crippen LogP) is 1.04. The Bertz CT molecular complexity index is 909. The lowest BCUT2D eigenvalue weighted by Crippen LogP contribution is -2.62. The number of rotatable bonds is 8. The molecule has 4 fully saturated rings. The maximum Gasteiger partial charge on any atom is 0.522 e. The number of nitrogens with one attached hydrogen (secondary N) is 2. The third kappa shape index (κ3) is 5.63. The molecule has 0 aromatic heterocycles. The molecule has 0 bridgehead atoms. The van der Waals surface area contributed by atoms with Crippen LogP contribution in [0.5, 0.6) is 0 Å². The molecule has 2 heterocycles. The molecule has 35 heavy (non-hydrogen) atoms. The average Bonchev–Trinajstić information content (AvgIpc) is 3.18. The topological polar surface area (TPSA) is 125 Å². The second-order valence-electron chi connectivity index (χ2n) is 11.5. The monoisotopic (exact) mass is 503 g/mol. The van der Waals surface area contributed by atoms with Gasteiger partial charge in [-0.2, -0.15) is 0 Å². The van der Waals surface area contributed by atoms with E-state index in [1.54, 1.807) is 0 Å². The van der Waals surface area contributed by atoms with E-state index in [4.69, 9.17) is 0 Å². The number of carbonyl (C=O) groups excluding carboxylic acids is 4. The Hall–Kier alpha value is -2.21. The van der Waals surface area contributed by atoms with E-state index in [2.05, 4.69) is 15.4 Å². The lowest BCUT2D eigenvalue weighted by molar-refractivity contribution is -0.321. The normalized spacial score (nSPS) is 28.9. The standard InChI is InChI=1S/C23H32F3N3O6/c1-20(2)10-22(34,11-20)19(33)29-12-21(4-5-21)8-15(29)18(32)28-14(7-13-3-6-27-17(13)31)16(30)9-35-23(24,25)26/h13-15,34H,3-12H2,1-2H3,(H,27,31)(H,28,32)/t13-,14-,15-/m0/s1. The third-order valence-corrected chi connectivity index (χ3v) is 7.74. The van der Waals surface area contributed by atoms with Crippen LogP contribution in [-0.2, 0) is 23.9 Å². The summed E-state index contributed by atoms with van der Waals surface area (Å²) in [7, 11) is 0. The Morgan fingerprint density at radius 2 is 1.91 bits per heavy atom. The number of aliphatic hydroxyl groups is 1. The molecule has 3 N–H and O–H groups in total. The minimum atomic E-state index is -5.02. The van der Waals surface area contributed by atoms with Gasteiger partial charge in [0.1, 0.15) is 18.2 Å². The first-order valence-corrected chi connectivity index (χ1v) is 12.0. The molecule has 1 spiro atoms. The highest BCUT2D eigenvalue weighted by molar-refractivity contribution is 5.96. The number of carbonyl (C=O) groups is 4. The van der Waals surface area contributed by atoms with Crippen molar-refractivity contribution in [1.82, 2.24) is 15.5 Å². The van der Waals surface area contributed by atoms with Crippen LogP contribution in [0.25, 0.3) is 0 Å². The van der Waals surface area contributed by atoms with Crippen LogP contribution in [0.15, 0.2) is 0 Å². The molecule has 0 aromatic rings. The Labute approximate surface area is 201 Å². The molecule has 2 saturated carbocycles. The summed E-state index contributed by atoms with van der Waals surface area (Å²) in [5, 5.41) is 16.0. The van der Waals surface area contributed by atoms with E-state index >= 15 is 0 Å². The van der Waals surface area contributed by atoms with E-state index in [1.807, 2.05) is 13.8 Å². The first kappa shape index (κ1) is 25.9. The molecule has 4 aliphatic rings. The fourth-order valence-corrected chi connectivity index (χ4v) is 5.94. The van der Waals surface area contributed by atoms with Crippen molar-refractivity contribution in [2.45, 2.75) is 82.8 Å². The first-order chi connectivity index (χ1) is 16.1. The third-order valence-electron chi connectivity index (χ3n) is 7.74. The first-order valence-electron chi connectivity index (χ1n) is 12.0. The van der Waals surface area contributed by atoms with Gasteiger partial charge < -0.3 is 20.6 Å². The van der Waals surface area contributed by atoms with E-state index in [9.17, 15) is 37.5 Å². The minimum absolute atomic E-state index is 0.165. The van der Waals surface area contributed by atoms with Gasteiger partial charge in [-0.05, 0) is 55.8 Å². The average molecular weight is 504 g/mol. The largest absolute Gasteiger partial charge is 0.522 e. The summed E-state index contributed by atoms with van der Waals surface area (Å²) in [4.78, 5) is 52.5. The summed E-state index contributed by atoms with van der Waals surface area (Å²) in [6.45, 7) is 3.26. The molecule has 3 amide bonds. The Balaban J connectivity index is 1.48. The molecule has 12 heteroatoms. The van der Waals surface area contributed by atoms with E-state index in [1.165, 1.54) is 4.90 Å². The van der Waals surface area contributed by atoms with Crippen LogP contribution in [-0.4, -0.2) is 77.3 Å². The molecule has 196 valence electrons. The number of hydrogen-bond acceptors (Lipinski definition) is 6. The highest BCUT2D eigenvalue weighted by atomic mass is 19.4. The number of Topliss-reactive ketones (excluding diaryl/α,β-unsaturated/α-hetero) is 1. The molecule has 0 radical (unpaired) electrons. The Morgan fingerprint density at radius 1 is 1.26 bits per heavy atom. The molecule has 4 rings (SSSR count). The van der Waals surface area contributed by atoms with Gasteiger partial charge in [0.05, 0.1) is 6.04 Å². The maximum absolute atomic E-state index is 13.3. The zero-order valence-corrected chi connectivity index (χ0v) is 19.9. The van der Waals surface area contributed by atoms with E-state index in [0.29, 0.717) is 25.9 Å². The maximum atomic E-state index is 13.3. The molecule has 0 aromatic carbocycles. The second-order valence-corrected chi connectivity index (χ2v) is 11.5. The Morgan fingerprint density at radius 3 is 2.43 bits per heavy atom. The SMILES string of the molecule is CC1(C)CC(O)(C(=O)N2CC3(CC3)C[C@H]2C(=O)N[C@@H](C[C@@H]2CCNC2=O)C(=O)COC(F)(F)F)C1. The number of likely N-dealkylation sites (tertiary alicyclic amines) is 1. The number of nitrogens with zero attached hydrogens (tertiary/aromatic N) is 1. The zero-order valence-electron chi connectivity index (χ0n) is 19.9. The number of halogens is 3. The van der Waals surface area contributed by atoms with E-state index in [0.717, 1.165) is 12.8 Å². The molecular formula is C23H32F3N3O6. The van der Waals surface area contributed by atoms with Crippen LogP contribution >= 0.6 is 0 Å². The van der Waals surface area contributed by atoms with Crippen molar-refractivity contribution < 1.29 is 42.2 Å². The number of amides is 3. The van der Waals surface area contributed by atoms with Crippen molar-refractivity contribution in [3.05, 3.63) is 0 Å². The van der Waals surface area contributed by atoms with Crippen molar-refractivity contribution in [3.63, 3.8) is 0 Å². The number of hydrogen-bond donors (Lipinski definition) is 3. The molecule has 9 nitrogen and oxygen atoms in total. The summed E-state index contributed by atoms with van der Waals surface area (Å²) in [6.07, 6.45) is -2.25. The van der Waals surface area contributed by atoms with Gasteiger partial charge in [0.25, 0.3) is 5.91 Å². The molecule has 3 atom stereocenters. The van der Waals surface area contributed by atoms with Gasteiger partial charge in [0.2, 0.25) is 11.8 Å². The number of alkyl halides is 3. The van der Waals surface area contributed by atoms with Crippen LogP contribution in [0, 0.1) is 16.7 Å². The van der Waals surface area contributed by atoms with Gasteiger partial charge in [-0.25, -0.2) is 0 Å². The number of ketones is 1. The quantitative estimate of drug-likeness (QED) is 0.455. The van der Waals surface area contributed by atoms with Crippen molar-refractivity contribution in [2.24, 2.45) is 16.7 Å². The van der Waals surface area contributed by atoms with Gasteiger partial charge in [0.15, 0.2) is 5.78 Å².